The Balaban J connectivity index is 1.79. The van der Waals surface area contributed by atoms with Gasteiger partial charge in [-0.3, -0.25) is 14.9 Å². The van der Waals surface area contributed by atoms with Crippen LogP contribution in [0.15, 0.2) is 35.9 Å². The molecule has 0 aromatic heterocycles. The van der Waals surface area contributed by atoms with Crippen molar-refractivity contribution in [3.05, 3.63) is 35.9 Å². The maximum atomic E-state index is 13.0. The van der Waals surface area contributed by atoms with Crippen LogP contribution in [0.25, 0.3) is 0 Å². The lowest BCUT2D eigenvalue weighted by Crippen LogP contribution is -2.63. The Morgan fingerprint density at radius 3 is 2.51 bits per heavy atom. The number of esters is 1. The highest BCUT2D eigenvalue weighted by Crippen LogP contribution is 2.52. The third-order valence-corrected chi connectivity index (χ3v) is 8.16. The average Bonchev–Trinajstić information content (AvgIpc) is 3.37. The molecule has 3 aliphatic rings. The Kier molecular flexibility index (Phi) is 10.2. The van der Waals surface area contributed by atoms with Crippen molar-refractivity contribution in [2.24, 2.45) is 17.6 Å². The first-order chi connectivity index (χ1) is 18.5. The zero-order chi connectivity index (χ0) is 28.9. The quantitative estimate of drug-likeness (QED) is 0.171. The number of ether oxygens (including phenoxy) is 3. The van der Waals surface area contributed by atoms with Gasteiger partial charge in [0.15, 0.2) is 0 Å². The van der Waals surface area contributed by atoms with E-state index in [2.05, 4.69) is 13.2 Å². The minimum absolute atomic E-state index is 0.00268. The second-order valence-corrected chi connectivity index (χ2v) is 10.8. The van der Waals surface area contributed by atoms with Crippen LogP contribution >= 0.6 is 11.8 Å². The Bertz CT molecular complexity index is 1060. The molecule has 0 aromatic rings. The minimum Gasteiger partial charge on any atom is -0.457 e. The SMILES string of the molecule is C=CCOC(=O)C1=C(S[C@H]2C[C@@H](COCC(=O)NC(N)=O)N(C(=O)OCC=C)C2)[C@H](C)[C@@H]2[C@@H]([C@@H](C)O)C(=O)N12. The van der Waals surface area contributed by atoms with E-state index in [0.717, 1.165) is 0 Å². The fourth-order valence-electron chi connectivity index (χ4n) is 5.07. The van der Waals surface area contributed by atoms with Crippen LogP contribution in [0.1, 0.15) is 20.3 Å². The van der Waals surface area contributed by atoms with E-state index in [0.29, 0.717) is 11.3 Å². The summed E-state index contributed by atoms with van der Waals surface area (Å²) in [7, 11) is 0. The molecule has 0 unspecified atom stereocenters. The number of amides is 5. The van der Waals surface area contributed by atoms with Crippen molar-refractivity contribution in [2.45, 2.75) is 43.7 Å². The number of hydrogen-bond donors (Lipinski definition) is 3. The molecule has 3 rings (SSSR count). The molecule has 214 valence electrons. The molecule has 2 fully saturated rings. The number of nitrogens with zero attached hydrogens (tertiary/aromatic N) is 2. The highest BCUT2D eigenvalue weighted by molar-refractivity contribution is 8.03. The number of β-lactam (4-membered cyclic amide) rings is 1. The predicted molar refractivity (Wildman–Crippen MR) is 140 cm³/mol. The molecule has 39 heavy (non-hydrogen) atoms. The molecule has 6 atom stereocenters. The molecule has 3 aliphatic heterocycles. The normalized spacial score (nSPS) is 26.4. The molecule has 5 amide bonds. The second kappa shape index (κ2) is 13.1. The maximum absolute atomic E-state index is 13.0. The van der Waals surface area contributed by atoms with Crippen molar-refractivity contribution >= 4 is 41.7 Å². The predicted octanol–water partition coefficient (Wildman–Crippen LogP) is 0.495. The first-order valence-electron chi connectivity index (χ1n) is 12.4. The fourth-order valence-corrected chi connectivity index (χ4v) is 6.63. The summed E-state index contributed by atoms with van der Waals surface area (Å²) in [4.78, 5) is 64.7. The number of urea groups is 1. The number of likely N-dealkylation sites (tertiary alicyclic amines) is 1. The van der Waals surface area contributed by atoms with Crippen LogP contribution < -0.4 is 11.1 Å². The largest absolute Gasteiger partial charge is 0.457 e. The fraction of sp³-hybridized carbons (Fsp3) is 0.560. The van der Waals surface area contributed by atoms with E-state index in [9.17, 15) is 29.1 Å². The molecule has 0 spiro atoms. The Morgan fingerprint density at radius 1 is 1.23 bits per heavy atom. The van der Waals surface area contributed by atoms with E-state index in [1.807, 2.05) is 12.2 Å². The third-order valence-electron chi connectivity index (χ3n) is 6.67. The van der Waals surface area contributed by atoms with Crippen molar-refractivity contribution in [2.75, 3.05) is 33.0 Å². The van der Waals surface area contributed by atoms with Crippen LogP contribution in [0, 0.1) is 11.8 Å². The summed E-state index contributed by atoms with van der Waals surface area (Å²) in [5.74, 6) is -2.62. The van der Waals surface area contributed by atoms with Gasteiger partial charge in [0.1, 0.15) is 25.5 Å². The van der Waals surface area contributed by atoms with Crippen molar-refractivity contribution in [1.29, 1.82) is 0 Å². The Morgan fingerprint density at radius 2 is 1.90 bits per heavy atom. The van der Waals surface area contributed by atoms with Crippen LogP contribution in [0.2, 0.25) is 0 Å². The third kappa shape index (κ3) is 6.62. The van der Waals surface area contributed by atoms with Gasteiger partial charge in [0.05, 0.1) is 30.7 Å². The Labute approximate surface area is 230 Å². The van der Waals surface area contributed by atoms with Gasteiger partial charge in [-0.15, -0.1) is 11.8 Å². The van der Waals surface area contributed by atoms with Crippen LogP contribution in [0.4, 0.5) is 9.59 Å². The standard InChI is InChI=1S/C25H34N4O9S/c1-5-7-37-23(33)20-21(13(3)19-18(14(4)30)22(32)29(19)20)39-16-9-15(11-36-12-17(31)27-24(26)34)28(10-16)25(35)38-8-6-2/h5-6,13-16,18-19,30H,1-2,7-12H2,3-4H3,(H3,26,27,31,34)/t13-,14-,15+,16+,18-,19-/m1/s1. The summed E-state index contributed by atoms with van der Waals surface area (Å²) in [6.45, 7) is 10.3. The molecule has 4 N–H and O–H groups in total. The van der Waals surface area contributed by atoms with E-state index in [4.69, 9.17) is 19.9 Å². The topological polar surface area (TPSA) is 178 Å². The van der Waals surface area contributed by atoms with Gasteiger partial charge in [-0.1, -0.05) is 32.2 Å². The first kappa shape index (κ1) is 30.2. The number of fused-ring (bicyclic) bond motifs is 1. The highest BCUT2D eigenvalue weighted by atomic mass is 32.2. The lowest BCUT2D eigenvalue weighted by molar-refractivity contribution is -0.164. The summed E-state index contributed by atoms with van der Waals surface area (Å²) >= 11 is 1.36. The lowest BCUT2D eigenvalue weighted by atomic mass is 9.79. The van der Waals surface area contributed by atoms with Gasteiger partial charge in [0.2, 0.25) is 5.91 Å². The van der Waals surface area contributed by atoms with Gasteiger partial charge >= 0.3 is 18.1 Å². The number of carbonyl (C=O) groups is 5. The van der Waals surface area contributed by atoms with Crippen molar-refractivity contribution in [3.63, 3.8) is 0 Å². The first-order valence-corrected chi connectivity index (χ1v) is 13.3. The smallest absolute Gasteiger partial charge is 0.410 e. The molecule has 0 bridgehead atoms. The molecule has 0 aromatic carbocycles. The zero-order valence-electron chi connectivity index (χ0n) is 21.9. The number of nitrogens with one attached hydrogen (secondary N) is 1. The number of carbonyl (C=O) groups excluding carboxylic acids is 5. The molecular formula is C25H34N4O9S. The molecule has 0 saturated carbocycles. The summed E-state index contributed by atoms with van der Waals surface area (Å²) < 4.78 is 15.9. The number of aliphatic hydroxyl groups excluding tert-OH is 1. The van der Waals surface area contributed by atoms with E-state index < -0.39 is 48.7 Å². The van der Waals surface area contributed by atoms with Gasteiger partial charge in [-0.2, -0.15) is 0 Å². The summed E-state index contributed by atoms with van der Waals surface area (Å²) in [6.07, 6.45) is 1.81. The highest BCUT2D eigenvalue weighted by Gasteiger charge is 2.60. The molecule has 3 heterocycles. The number of rotatable bonds is 12. The van der Waals surface area contributed by atoms with E-state index in [1.54, 1.807) is 6.92 Å². The number of aliphatic hydroxyl groups is 1. The lowest BCUT2D eigenvalue weighted by Gasteiger charge is -2.46. The van der Waals surface area contributed by atoms with Crippen molar-refractivity contribution in [3.8, 4) is 0 Å². The Hall–Kier alpha value is -3.36. The zero-order valence-corrected chi connectivity index (χ0v) is 22.7. The maximum Gasteiger partial charge on any atom is 0.410 e. The number of imide groups is 1. The van der Waals surface area contributed by atoms with Gasteiger partial charge in [0.25, 0.3) is 5.91 Å². The van der Waals surface area contributed by atoms with Crippen molar-refractivity contribution in [1.82, 2.24) is 15.1 Å². The summed E-state index contributed by atoms with van der Waals surface area (Å²) in [5.41, 5.74) is 5.08. The van der Waals surface area contributed by atoms with E-state index in [1.165, 1.54) is 33.7 Å². The summed E-state index contributed by atoms with van der Waals surface area (Å²) in [5, 5.41) is 11.9. The number of primary amides is 1. The van der Waals surface area contributed by atoms with E-state index >= 15 is 0 Å². The monoisotopic (exact) mass is 566 g/mol. The molecule has 0 radical (unpaired) electrons. The van der Waals surface area contributed by atoms with Crippen LogP contribution in [-0.2, 0) is 28.6 Å². The minimum atomic E-state index is -1.00. The van der Waals surface area contributed by atoms with Crippen LogP contribution in [-0.4, -0.2) is 101 Å². The van der Waals surface area contributed by atoms with Gasteiger partial charge in [-0.25, -0.2) is 14.4 Å². The molecular weight excluding hydrogens is 532 g/mol. The van der Waals surface area contributed by atoms with Gasteiger partial charge in [-0.05, 0) is 13.3 Å². The van der Waals surface area contributed by atoms with Crippen LogP contribution in [0.3, 0.4) is 0 Å². The van der Waals surface area contributed by atoms with Gasteiger partial charge < -0.3 is 34.9 Å². The van der Waals surface area contributed by atoms with Crippen LogP contribution in [0.5, 0.6) is 0 Å². The summed E-state index contributed by atoms with van der Waals surface area (Å²) in [6, 6.07) is -1.86. The molecule has 2 saturated heterocycles. The second-order valence-electron chi connectivity index (χ2n) is 9.43. The number of hydrogen-bond acceptors (Lipinski definition) is 10. The molecule has 0 aliphatic carbocycles. The number of nitrogens with two attached hydrogens (primary N) is 1. The average molecular weight is 567 g/mol. The molecule has 14 heteroatoms. The number of thioether (sulfide) groups is 1. The van der Waals surface area contributed by atoms with E-state index in [-0.39, 0.29) is 55.2 Å². The van der Waals surface area contributed by atoms with Gasteiger partial charge in [0, 0.05) is 22.6 Å². The molecule has 13 nitrogen and oxygen atoms in total. The van der Waals surface area contributed by atoms with Crippen molar-refractivity contribution < 1.29 is 43.3 Å².